The minimum atomic E-state index is -0.0662. The highest BCUT2D eigenvalue weighted by Crippen LogP contribution is 2.14. The lowest BCUT2D eigenvalue weighted by Crippen LogP contribution is -2.38. The van der Waals surface area contributed by atoms with E-state index in [2.05, 4.69) is 40.0 Å². The van der Waals surface area contributed by atoms with E-state index in [1.54, 1.807) is 7.05 Å². The minimum absolute atomic E-state index is 0.0662. The average Bonchev–Trinajstić information content (AvgIpc) is 2.74. The number of nitrogens with one attached hydrogen (secondary N) is 3. The van der Waals surface area contributed by atoms with Gasteiger partial charge in [-0.3, -0.25) is 9.79 Å². The van der Waals surface area contributed by atoms with Crippen LogP contribution in [0.1, 0.15) is 42.3 Å². The Morgan fingerprint density at radius 2 is 1.80 bits per heavy atom. The van der Waals surface area contributed by atoms with E-state index >= 15 is 0 Å². The molecule has 0 fully saturated rings. The summed E-state index contributed by atoms with van der Waals surface area (Å²) in [5, 5.41) is 9.30. The summed E-state index contributed by atoms with van der Waals surface area (Å²) in [6, 6.07) is 15.9. The number of nitrogens with zero attached hydrogens (tertiary/aromatic N) is 1. The second kappa shape index (κ2) is 12.5. The number of aliphatic imine (C=N–C) groups is 1. The third-order valence-corrected chi connectivity index (χ3v) is 4.43. The third-order valence-electron chi connectivity index (χ3n) is 4.43. The lowest BCUT2D eigenvalue weighted by molar-refractivity contribution is 0.0963. The summed E-state index contributed by atoms with van der Waals surface area (Å²) in [4.78, 5) is 16.4. The van der Waals surface area contributed by atoms with Crippen LogP contribution in [-0.2, 0) is 12.8 Å². The fourth-order valence-corrected chi connectivity index (χ4v) is 2.98. The summed E-state index contributed by atoms with van der Waals surface area (Å²) in [6.07, 6.45) is 1.86. The first-order valence-corrected chi connectivity index (χ1v) is 10.6. The summed E-state index contributed by atoms with van der Waals surface area (Å²) in [6.45, 7) is 8.35. The van der Waals surface area contributed by atoms with Crippen molar-refractivity contribution in [1.82, 2.24) is 16.0 Å². The molecule has 0 saturated carbocycles. The largest absolute Gasteiger partial charge is 0.491 e. The first-order valence-electron chi connectivity index (χ1n) is 10.6. The normalized spacial score (nSPS) is 11.3. The van der Waals surface area contributed by atoms with E-state index in [0.29, 0.717) is 12.1 Å². The molecule has 2 aromatic rings. The summed E-state index contributed by atoms with van der Waals surface area (Å²) in [5.74, 6) is 1.64. The van der Waals surface area contributed by atoms with Crippen molar-refractivity contribution in [2.45, 2.75) is 39.7 Å². The predicted octanol–water partition coefficient (Wildman–Crippen LogP) is 3.17. The molecule has 2 aromatic carbocycles. The molecule has 0 aliphatic heterocycles. The van der Waals surface area contributed by atoms with Crippen LogP contribution in [0.3, 0.4) is 0 Å². The van der Waals surface area contributed by atoms with Gasteiger partial charge in [0.1, 0.15) is 5.75 Å². The van der Waals surface area contributed by atoms with E-state index in [1.165, 1.54) is 5.56 Å². The Kier molecular flexibility index (Phi) is 9.71. The van der Waals surface area contributed by atoms with Crippen LogP contribution >= 0.6 is 0 Å². The second-order valence-electron chi connectivity index (χ2n) is 7.28. The van der Waals surface area contributed by atoms with Crippen LogP contribution < -0.4 is 20.7 Å². The molecule has 1 amide bonds. The molecule has 0 atom stereocenters. The van der Waals surface area contributed by atoms with Crippen molar-refractivity contribution >= 4 is 11.9 Å². The molecular weight excluding hydrogens is 376 g/mol. The van der Waals surface area contributed by atoms with Crippen LogP contribution in [0.5, 0.6) is 5.75 Å². The quantitative estimate of drug-likeness (QED) is 0.415. The van der Waals surface area contributed by atoms with Crippen molar-refractivity contribution in [3.63, 3.8) is 0 Å². The molecule has 0 heterocycles. The highest BCUT2D eigenvalue weighted by Gasteiger charge is 2.04. The number of carbonyl (C=O) groups is 1. The van der Waals surface area contributed by atoms with Crippen LogP contribution in [0.15, 0.2) is 53.5 Å². The van der Waals surface area contributed by atoms with Gasteiger partial charge in [0.2, 0.25) is 0 Å². The van der Waals surface area contributed by atoms with Crippen LogP contribution in [0, 0.1) is 0 Å². The van der Waals surface area contributed by atoms with E-state index in [4.69, 9.17) is 4.74 Å². The highest BCUT2D eigenvalue weighted by atomic mass is 16.5. The summed E-state index contributed by atoms with van der Waals surface area (Å²) < 4.78 is 5.68. The van der Waals surface area contributed by atoms with Crippen LogP contribution in [-0.4, -0.2) is 44.7 Å². The number of amides is 1. The standard InChI is InChI=1S/C24H34N4O2/c1-5-26-24(27-15-13-19-9-11-22(12-10-19)30-18(2)3)28-16-14-20-7-6-8-21(17-20)23(29)25-4/h6-12,17-18H,5,13-16H2,1-4H3,(H,25,29)(H2,26,27,28). The van der Waals surface area contributed by atoms with Crippen molar-refractivity contribution in [3.8, 4) is 5.75 Å². The van der Waals surface area contributed by atoms with Gasteiger partial charge in [-0.1, -0.05) is 24.3 Å². The van der Waals surface area contributed by atoms with Crippen LogP contribution in [0.25, 0.3) is 0 Å². The Morgan fingerprint density at radius 1 is 1.03 bits per heavy atom. The van der Waals surface area contributed by atoms with Gasteiger partial charge in [0.05, 0.1) is 6.10 Å². The SMILES string of the molecule is CCNC(=NCCc1ccc(OC(C)C)cc1)NCCc1cccc(C(=O)NC)c1. The molecule has 162 valence electrons. The maximum Gasteiger partial charge on any atom is 0.251 e. The van der Waals surface area contributed by atoms with E-state index in [1.807, 2.05) is 50.2 Å². The maximum absolute atomic E-state index is 11.8. The van der Waals surface area contributed by atoms with Gasteiger partial charge in [-0.05, 0) is 69.0 Å². The van der Waals surface area contributed by atoms with Crippen molar-refractivity contribution in [2.24, 2.45) is 4.99 Å². The molecule has 30 heavy (non-hydrogen) atoms. The van der Waals surface area contributed by atoms with Gasteiger partial charge in [0, 0.05) is 32.2 Å². The molecule has 0 aliphatic carbocycles. The Bertz CT molecular complexity index is 816. The third kappa shape index (κ3) is 8.15. The van der Waals surface area contributed by atoms with Gasteiger partial charge in [0.25, 0.3) is 5.91 Å². The molecular formula is C24H34N4O2. The summed E-state index contributed by atoms with van der Waals surface area (Å²) >= 11 is 0. The monoisotopic (exact) mass is 410 g/mol. The molecule has 0 bridgehead atoms. The molecule has 6 heteroatoms. The molecule has 2 rings (SSSR count). The predicted molar refractivity (Wildman–Crippen MR) is 123 cm³/mol. The number of carbonyl (C=O) groups excluding carboxylic acids is 1. The smallest absolute Gasteiger partial charge is 0.251 e. The molecule has 0 radical (unpaired) electrons. The number of ether oxygens (including phenoxy) is 1. The first kappa shape index (κ1) is 23.3. The topological polar surface area (TPSA) is 74.8 Å². The fourth-order valence-electron chi connectivity index (χ4n) is 2.98. The van der Waals surface area contributed by atoms with E-state index in [-0.39, 0.29) is 12.0 Å². The Hall–Kier alpha value is -3.02. The zero-order chi connectivity index (χ0) is 21.8. The first-order chi connectivity index (χ1) is 14.5. The average molecular weight is 411 g/mol. The van der Waals surface area contributed by atoms with Crippen LogP contribution in [0.4, 0.5) is 0 Å². The van der Waals surface area contributed by atoms with Gasteiger partial charge in [-0.25, -0.2) is 0 Å². The number of benzene rings is 2. The van der Waals surface area contributed by atoms with Crippen molar-refractivity contribution in [1.29, 1.82) is 0 Å². The zero-order valence-corrected chi connectivity index (χ0v) is 18.5. The fraction of sp³-hybridized carbons (Fsp3) is 0.417. The number of hydrogen-bond acceptors (Lipinski definition) is 3. The van der Waals surface area contributed by atoms with E-state index in [0.717, 1.165) is 43.2 Å². The molecule has 0 aliphatic rings. The molecule has 3 N–H and O–H groups in total. The zero-order valence-electron chi connectivity index (χ0n) is 18.5. The molecule has 0 spiro atoms. The van der Waals surface area contributed by atoms with Gasteiger partial charge in [-0.15, -0.1) is 0 Å². The lowest BCUT2D eigenvalue weighted by Gasteiger charge is -2.12. The molecule has 0 unspecified atom stereocenters. The van der Waals surface area contributed by atoms with E-state index < -0.39 is 0 Å². The second-order valence-corrected chi connectivity index (χ2v) is 7.28. The molecule has 0 aromatic heterocycles. The maximum atomic E-state index is 11.8. The van der Waals surface area contributed by atoms with Crippen molar-refractivity contribution < 1.29 is 9.53 Å². The summed E-state index contributed by atoms with van der Waals surface area (Å²) in [7, 11) is 1.64. The van der Waals surface area contributed by atoms with Gasteiger partial charge in [-0.2, -0.15) is 0 Å². The Balaban J connectivity index is 1.83. The minimum Gasteiger partial charge on any atom is -0.491 e. The number of guanidine groups is 1. The Labute approximate surface area is 180 Å². The summed E-state index contributed by atoms with van der Waals surface area (Å²) in [5.41, 5.74) is 3.03. The molecule has 6 nitrogen and oxygen atoms in total. The van der Waals surface area contributed by atoms with Crippen LogP contribution in [0.2, 0.25) is 0 Å². The highest BCUT2D eigenvalue weighted by molar-refractivity contribution is 5.94. The van der Waals surface area contributed by atoms with Gasteiger partial charge >= 0.3 is 0 Å². The lowest BCUT2D eigenvalue weighted by atomic mass is 10.1. The van der Waals surface area contributed by atoms with Gasteiger partial charge in [0.15, 0.2) is 5.96 Å². The molecule has 0 saturated heterocycles. The van der Waals surface area contributed by atoms with E-state index in [9.17, 15) is 4.79 Å². The van der Waals surface area contributed by atoms with Crippen molar-refractivity contribution in [3.05, 3.63) is 65.2 Å². The number of hydrogen-bond donors (Lipinski definition) is 3. The van der Waals surface area contributed by atoms with Crippen molar-refractivity contribution in [2.75, 3.05) is 26.7 Å². The number of rotatable bonds is 10. The van der Waals surface area contributed by atoms with Gasteiger partial charge < -0.3 is 20.7 Å². The Morgan fingerprint density at radius 3 is 2.47 bits per heavy atom.